The minimum Gasteiger partial charge on any atom is -0.367 e. The summed E-state index contributed by atoms with van der Waals surface area (Å²) in [5.74, 6) is 1.08. The Morgan fingerprint density at radius 1 is 1.05 bits per heavy atom. The molecule has 2 aliphatic rings. The molecule has 4 rings (SSSR count). The van der Waals surface area contributed by atoms with E-state index in [-0.39, 0.29) is 0 Å². The Morgan fingerprint density at radius 2 is 1.86 bits per heavy atom. The molecule has 0 unspecified atom stereocenters. The maximum atomic E-state index is 4.51. The van der Waals surface area contributed by atoms with Crippen molar-refractivity contribution < 1.29 is 0 Å². The molecule has 1 saturated heterocycles. The van der Waals surface area contributed by atoms with Crippen LogP contribution in [0.5, 0.6) is 0 Å². The lowest BCUT2D eigenvalue weighted by Gasteiger charge is -2.37. The molecular formula is C15H19N5S. The van der Waals surface area contributed by atoms with E-state index in [9.17, 15) is 0 Å². The molecule has 1 aromatic heterocycles. The van der Waals surface area contributed by atoms with Crippen LogP contribution in [0.1, 0.15) is 0 Å². The lowest BCUT2D eigenvalue weighted by molar-refractivity contribution is 0.378. The Hall–Kier alpha value is -1.82. The van der Waals surface area contributed by atoms with E-state index in [2.05, 4.69) is 57.2 Å². The molecule has 1 fully saturated rings. The van der Waals surface area contributed by atoms with Gasteiger partial charge in [0.25, 0.3) is 0 Å². The highest BCUT2D eigenvalue weighted by Gasteiger charge is 2.22. The third-order valence-corrected chi connectivity index (χ3v) is 4.61. The van der Waals surface area contributed by atoms with Crippen LogP contribution < -0.4 is 10.2 Å². The van der Waals surface area contributed by atoms with Crippen LogP contribution in [0.4, 0.5) is 5.69 Å². The quantitative estimate of drug-likeness (QED) is 0.782. The molecule has 0 spiro atoms. The first kappa shape index (κ1) is 12.9. The third kappa shape index (κ3) is 2.23. The number of nitrogens with one attached hydrogen (secondary N) is 1. The van der Waals surface area contributed by atoms with E-state index in [1.165, 1.54) is 16.6 Å². The van der Waals surface area contributed by atoms with E-state index in [1.54, 1.807) is 0 Å². The maximum Gasteiger partial charge on any atom is 0.194 e. The summed E-state index contributed by atoms with van der Waals surface area (Å²) in [5.41, 5.74) is 2.47. The first-order chi connectivity index (χ1) is 10.3. The SMILES string of the molecule is Sn1ccc2c(N3CCN(C4=NCCN4)CC3)cccc21. The highest BCUT2D eigenvalue weighted by atomic mass is 32.1. The number of rotatable bonds is 1. The number of anilines is 1. The molecule has 0 aliphatic carbocycles. The van der Waals surface area contributed by atoms with E-state index < -0.39 is 0 Å². The van der Waals surface area contributed by atoms with Gasteiger partial charge in [-0.05, 0) is 18.2 Å². The van der Waals surface area contributed by atoms with Crippen LogP contribution in [0.25, 0.3) is 10.9 Å². The molecule has 0 radical (unpaired) electrons. The summed E-state index contributed by atoms with van der Waals surface area (Å²) < 4.78 is 1.88. The van der Waals surface area contributed by atoms with Gasteiger partial charge in [-0.2, -0.15) is 0 Å². The van der Waals surface area contributed by atoms with Crippen LogP contribution in [0.15, 0.2) is 35.5 Å². The van der Waals surface area contributed by atoms with Crippen molar-refractivity contribution in [3.8, 4) is 0 Å². The number of benzene rings is 1. The lowest BCUT2D eigenvalue weighted by Crippen LogP contribution is -2.51. The second-order valence-corrected chi connectivity index (χ2v) is 5.91. The van der Waals surface area contributed by atoms with Gasteiger partial charge in [0.15, 0.2) is 5.96 Å². The fourth-order valence-corrected chi connectivity index (χ4v) is 3.41. The average Bonchev–Trinajstić information content (AvgIpc) is 3.18. The number of fused-ring (bicyclic) bond motifs is 1. The lowest BCUT2D eigenvalue weighted by atomic mass is 10.2. The molecule has 3 heterocycles. The zero-order valence-electron chi connectivity index (χ0n) is 11.9. The van der Waals surface area contributed by atoms with E-state index >= 15 is 0 Å². The molecule has 0 saturated carbocycles. The van der Waals surface area contributed by atoms with Crippen molar-refractivity contribution in [2.75, 3.05) is 44.2 Å². The number of hydrogen-bond donors (Lipinski definition) is 2. The summed E-state index contributed by atoms with van der Waals surface area (Å²) in [4.78, 5) is 9.32. The zero-order chi connectivity index (χ0) is 14.2. The Bertz CT molecular complexity index is 684. The number of piperazine rings is 1. The molecule has 0 atom stereocenters. The molecule has 2 aliphatic heterocycles. The van der Waals surface area contributed by atoms with Gasteiger partial charge in [-0.1, -0.05) is 18.9 Å². The minimum absolute atomic E-state index is 0.907. The van der Waals surface area contributed by atoms with Crippen LogP contribution in [0.2, 0.25) is 0 Å². The van der Waals surface area contributed by atoms with Crippen LogP contribution in [-0.4, -0.2) is 54.1 Å². The fraction of sp³-hybridized carbons (Fsp3) is 0.400. The van der Waals surface area contributed by atoms with Crippen LogP contribution in [0.3, 0.4) is 0 Å². The monoisotopic (exact) mass is 301 g/mol. The Labute approximate surface area is 129 Å². The Balaban J connectivity index is 1.55. The van der Waals surface area contributed by atoms with Crippen molar-refractivity contribution in [3.05, 3.63) is 30.5 Å². The van der Waals surface area contributed by atoms with Crippen molar-refractivity contribution >= 4 is 35.4 Å². The maximum absolute atomic E-state index is 4.51. The number of thiol groups is 1. The first-order valence-corrected chi connectivity index (χ1v) is 7.80. The molecule has 110 valence electrons. The standard InChI is InChI=1S/C15H19N5S/c21-20-7-4-12-13(2-1-3-14(12)20)18-8-10-19(11-9-18)15-16-5-6-17-15/h1-4,7,21H,5-6,8-11H2,(H,16,17). The van der Waals surface area contributed by atoms with E-state index in [0.717, 1.165) is 45.2 Å². The number of hydrogen-bond acceptors (Lipinski definition) is 5. The topological polar surface area (TPSA) is 35.8 Å². The number of guanidine groups is 1. The van der Waals surface area contributed by atoms with Gasteiger partial charge in [-0.3, -0.25) is 8.96 Å². The van der Waals surface area contributed by atoms with Gasteiger partial charge in [-0.25, -0.2) is 0 Å². The summed E-state index contributed by atoms with van der Waals surface area (Å²) in [5, 5.41) is 4.63. The van der Waals surface area contributed by atoms with Gasteiger partial charge in [-0.15, -0.1) is 0 Å². The van der Waals surface area contributed by atoms with Crippen molar-refractivity contribution in [1.82, 2.24) is 14.2 Å². The Kier molecular flexibility index (Phi) is 3.18. The fourth-order valence-electron chi connectivity index (χ4n) is 3.17. The van der Waals surface area contributed by atoms with Crippen molar-refractivity contribution in [3.63, 3.8) is 0 Å². The summed E-state index contributed by atoms with van der Waals surface area (Å²) in [6.45, 7) is 5.97. The van der Waals surface area contributed by atoms with Gasteiger partial charge in [0.05, 0.1) is 12.1 Å². The average molecular weight is 301 g/mol. The van der Waals surface area contributed by atoms with Gasteiger partial charge in [0, 0.05) is 50.0 Å². The smallest absolute Gasteiger partial charge is 0.194 e. The molecule has 6 heteroatoms. The molecule has 1 N–H and O–H groups in total. The largest absolute Gasteiger partial charge is 0.367 e. The van der Waals surface area contributed by atoms with Gasteiger partial charge in [0.1, 0.15) is 0 Å². The van der Waals surface area contributed by atoms with Crippen molar-refractivity contribution in [2.45, 2.75) is 0 Å². The van der Waals surface area contributed by atoms with E-state index in [1.807, 2.05) is 10.2 Å². The number of aliphatic imine (C=N–C) groups is 1. The second kappa shape index (κ2) is 5.18. The molecule has 1 aromatic carbocycles. The summed E-state index contributed by atoms with van der Waals surface area (Å²) in [6, 6.07) is 8.57. The van der Waals surface area contributed by atoms with Gasteiger partial charge in [0.2, 0.25) is 0 Å². The Morgan fingerprint density at radius 3 is 2.62 bits per heavy atom. The molecule has 0 bridgehead atoms. The molecule has 0 amide bonds. The molecule has 21 heavy (non-hydrogen) atoms. The van der Waals surface area contributed by atoms with E-state index in [4.69, 9.17) is 0 Å². The zero-order valence-corrected chi connectivity index (χ0v) is 12.8. The normalized spacial score (nSPS) is 19.0. The van der Waals surface area contributed by atoms with Crippen LogP contribution >= 0.6 is 12.8 Å². The molecular weight excluding hydrogens is 282 g/mol. The first-order valence-electron chi connectivity index (χ1n) is 7.40. The molecule has 5 nitrogen and oxygen atoms in total. The predicted octanol–water partition coefficient (Wildman–Crippen LogP) is 1.42. The number of nitrogens with zero attached hydrogens (tertiary/aromatic N) is 4. The summed E-state index contributed by atoms with van der Waals surface area (Å²) in [7, 11) is 0. The van der Waals surface area contributed by atoms with Crippen molar-refractivity contribution in [1.29, 1.82) is 0 Å². The minimum atomic E-state index is 0.907. The summed E-state index contributed by atoms with van der Waals surface area (Å²) >= 11 is 4.45. The number of aromatic nitrogens is 1. The van der Waals surface area contributed by atoms with Crippen LogP contribution in [0, 0.1) is 0 Å². The van der Waals surface area contributed by atoms with Gasteiger partial charge >= 0.3 is 0 Å². The summed E-state index contributed by atoms with van der Waals surface area (Å²) in [6.07, 6.45) is 2.00. The van der Waals surface area contributed by atoms with Gasteiger partial charge < -0.3 is 15.1 Å². The third-order valence-electron chi connectivity index (χ3n) is 4.27. The second-order valence-electron chi connectivity index (χ2n) is 5.48. The van der Waals surface area contributed by atoms with Crippen LogP contribution in [-0.2, 0) is 0 Å². The van der Waals surface area contributed by atoms with E-state index in [0.29, 0.717) is 0 Å². The highest BCUT2D eigenvalue weighted by molar-refractivity contribution is 7.78. The highest BCUT2D eigenvalue weighted by Crippen LogP contribution is 2.29. The van der Waals surface area contributed by atoms with Crippen molar-refractivity contribution in [2.24, 2.45) is 4.99 Å². The molecule has 2 aromatic rings. The predicted molar refractivity (Wildman–Crippen MR) is 90.4 cm³/mol.